The Kier molecular flexibility index (Phi) is 5.35. The molecule has 0 aliphatic carbocycles. The Balaban J connectivity index is 2.14. The second kappa shape index (κ2) is 8.04. The van der Waals surface area contributed by atoms with Gasteiger partial charge in [0.2, 0.25) is 0 Å². The number of hydrogen-bond donors (Lipinski definition) is 0. The molecule has 1 heterocycles. The number of hydrogen-bond acceptors (Lipinski definition) is 2. The molecule has 0 saturated heterocycles. The van der Waals surface area contributed by atoms with Crippen LogP contribution in [-0.2, 0) is 0 Å². The van der Waals surface area contributed by atoms with E-state index >= 15 is 0 Å². The minimum atomic E-state index is -0.382. The predicted octanol–water partition coefficient (Wildman–Crippen LogP) is 4.73. The second-order valence-corrected chi connectivity index (χ2v) is 5.66. The van der Waals surface area contributed by atoms with Crippen molar-refractivity contribution >= 4 is 10.8 Å². The topological polar surface area (TPSA) is 30.2 Å². The molecular formula is C23H18O2. The molecule has 0 N–H and O–H groups in total. The van der Waals surface area contributed by atoms with Crippen LogP contribution in [-0.4, -0.2) is 0 Å². The molecule has 0 unspecified atom stereocenters. The fourth-order valence-electron chi connectivity index (χ4n) is 2.48. The quantitative estimate of drug-likeness (QED) is 0.503. The van der Waals surface area contributed by atoms with Gasteiger partial charge in [-0.15, -0.1) is 0 Å². The highest BCUT2D eigenvalue weighted by Gasteiger charge is 2.10. The van der Waals surface area contributed by atoms with Gasteiger partial charge in [0.25, 0.3) is 0 Å². The fourth-order valence-corrected chi connectivity index (χ4v) is 2.48. The Morgan fingerprint density at radius 2 is 1.60 bits per heavy atom. The zero-order valence-electron chi connectivity index (χ0n) is 14.1. The fraction of sp³-hybridized carbons (Fsp3) is 0.174. The number of benzene rings is 2. The van der Waals surface area contributed by atoms with Crippen LogP contribution in [0.3, 0.4) is 0 Å². The molecule has 1 aromatic heterocycles. The van der Waals surface area contributed by atoms with Crippen molar-refractivity contribution in [1.82, 2.24) is 0 Å². The van der Waals surface area contributed by atoms with Gasteiger partial charge in [0.15, 0.2) is 5.76 Å². The summed E-state index contributed by atoms with van der Waals surface area (Å²) in [4.78, 5) is 12.3. The minimum absolute atomic E-state index is 0.330. The van der Waals surface area contributed by atoms with E-state index in [2.05, 4.69) is 30.6 Å². The maximum Gasteiger partial charge on any atom is 0.344 e. The molecule has 0 atom stereocenters. The highest BCUT2D eigenvalue weighted by molar-refractivity contribution is 5.88. The van der Waals surface area contributed by atoms with E-state index < -0.39 is 0 Å². The lowest BCUT2D eigenvalue weighted by Crippen LogP contribution is -2.03. The van der Waals surface area contributed by atoms with Gasteiger partial charge >= 0.3 is 5.63 Å². The van der Waals surface area contributed by atoms with E-state index in [1.54, 1.807) is 6.07 Å². The average Bonchev–Trinajstić information content (AvgIpc) is 2.66. The molecule has 0 saturated carbocycles. The maximum absolute atomic E-state index is 12.3. The van der Waals surface area contributed by atoms with Crippen molar-refractivity contribution < 1.29 is 4.42 Å². The van der Waals surface area contributed by atoms with E-state index in [9.17, 15) is 4.79 Å². The summed E-state index contributed by atoms with van der Waals surface area (Å²) in [6.45, 7) is 2.13. The van der Waals surface area contributed by atoms with Gasteiger partial charge in [0.1, 0.15) is 0 Å². The molecule has 0 aliphatic rings. The van der Waals surface area contributed by atoms with E-state index in [1.165, 1.54) is 0 Å². The van der Waals surface area contributed by atoms with Crippen molar-refractivity contribution in [3.8, 4) is 23.7 Å². The molecule has 3 aromatic rings. The number of fused-ring (bicyclic) bond motifs is 1. The second-order valence-electron chi connectivity index (χ2n) is 5.66. The monoisotopic (exact) mass is 326 g/mol. The van der Waals surface area contributed by atoms with Crippen LogP contribution in [0, 0.1) is 23.7 Å². The zero-order chi connectivity index (χ0) is 17.5. The standard InChI is InChI=1S/C23H18O2/c1-2-3-4-8-14-20-19-13-9-10-15-21(19)23(24)25-22(20)17-16-18-11-6-5-7-12-18/h5-7,9-13,15H,2-4H2,1H3. The molecule has 25 heavy (non-hydrogen) atoms. The lowest BCUT2D eigenvalue weighted by Gasteiger charge is -2.02. The van der Waals surface area contributed by atoms with Crippen LogP contribution < -0.4 is 5.63 Å². The van der Waals surface area contributed by atoms with Gasteiger partial charge in [-0.2, -0.15) is 0 Å². The van der Waals surface area contributed by atoms with Crippen LogP contribution in [0.25, 0.3) is 10.8 Å². The molecule has 2 aromatic carbocycles. The Hall–Kier alpha value is -3.23. The molecule has 0 aliphatic heterocycles. The van der Waals surface area contributed by atoms with Crippen LogP contribution in [0.4, 0.5) is 0 Å². The van der Waals surface area contributed by atoms with E-state index in [1.807, 2.05) is 48.5 Å². The van der Waals surface area contributed by atoms with E-state index in [-0.39, 0.29) is 5.63 Å². The summed E-state index contributed by atoms with van der Waals surface area (Å²) in [5.41, 5.74) is 1.17. The van der Waals surface area contributed by atoms with Crippen LogP contribution in [0.5, 0.6) is 0 Å². The third-order valence-electron chi connectivity index (χ3n) is 3.80. The highest BCUT2D eigenvalue weighted by atomic mass is 16.4. The molecule has 0 amide bonds. The van der Waals surface area contributed by atoms with E-state index in [0.29, 0.717) is 16.7 Å². The van der Waals surface area contributed by atoms with Gasteiger partial charge in [-0.3, -0.25) is 0 Å². The summed E-state index contributed by atoms with van der Waals surface area (Å²) in [6.07, 6.45) is 2.96. The van der Waals surface area contributed by atoms with Crippen molar-refractivity contribution in [3.63, 3.8) is 0 Å². The van der Waals surface area contributed by atoms with Crippen molar-refractivity contribution in [2.24, 2.45) is 0 Å². The van der Waals surface area contributed by atoms with Gasteiger partial charge in [-0.05, 0) is 30.5 Å². The van der Waals surface area contributed by atoms with E-state index in [0.717, 1.165) is 30.2 Å². The molecular weight excluding hydrogens is 308 g/mol. The average molecular weight is 326 g/mol. The molecule has 0 radical (unpaired) electrons. The van der Waals surface area contributed by atoms with Gasteiger partial charge in [-0.25, -0.2) is 4.79 Å². The minimum Gasteiger partial charge on any atom is -0.412 e. The zero-order valence-corrected chi connectivity index (χ0v) is 14.1. The first-order chi connectivity index (χ1) is 12.3. The first kappa shape index (κ1) is 16.6. The molecule has 3 rings (SSSR count). The summed E-state index contributed by atoms with van der Waals surface area (Å²) < 4.78 is 5.47. The molecule has 0 spiro atoms. The molecule has 0 fully saturated rings. The first-order valence-electron chi connectivity index (χ1n) is 8.41. The molecule has 122 valence electrons. The smallest absolute Gasteiger partial charge is 0.344 e. The predicted molar refractivity (Wildman–Crippen MR) is 101 cm³/mol. The molecule has 2 nitrogen and oxygen atoms in total. The lowest BCUT2D eigenvalue weighted by atomic mass is 10.1. The van der Waals surface area contributed by atoms with Crippen LogP contribution in [0.2, 0.25) is 0 Å². The van der Waals surface area contributed by atoms with Crippen molar-refractivity contribution in [1.29, 1.82) is 0 Å². The van der Waals surface area contributed by atoms with Gasteiger partial charge < -0.3 is 4.42 Å². The Morgan fingerprint density at radius 3 is 2.36 bits per heavy atom. The van der Waals surface area contributed by atoms with Crippen LogP contribution in [0.15, 0.2) is 63.8 Å². The Labute approximate surface area is 147 Å². The lowest BCUT2D eigenvalue weighted by molar-refractivity contribution is 0.506. The molecule has 2 heteroatoms. The normalized spacial score (nSPS) is 9.80. The number of unbranched alkanes of at least 4 members (excludes halogenated alkanes) is 2. The largest absolute Gasteiger partial charge is 0.412 e. The Morgan fingerprint density at radius 1 is 0.880 bits per heavy atom. The number of rotatable bonds is 2. The first-order valence-corrected chi connectivity index (χ1v) is 8.41. The maximum atomic E-state index is 12.3. The van der Waals surface area contributed by atoms with Gasteiger partial charge in [0.05, 0.1) is 10.9 Å². The third kappa shape index (κ3) is 4.00. The van der Waals surface area contributed by atoms with Gasteiger partial charge in [-0.1, -0.05) is 67.5 Å². The van der Waals surface area contributed by atoms with Crippen LogP contribution >= 0.6 is 0 Å². The Bertz CT molecular complexity index is 1050. The third-order valence-corrected chi connectivity index (χ3v) is 3.80. The van der Waals surface area contributed by atoms with E-state index in [4.69, 9.17) is 4.42 Å². The SMILES string of the molecule is CCCCC#Cc1c(C#Cc2ccccc2)oc(=O)c2ccccc12. The summed E-state index contributed by atoms with van der Waals surface area (Å²) in [6, 6.07) is 17.0. The van der Waals surface area contributed by atoms with Gasteiger partial charge in [0, 0.05) is 17.4 Å². The highest BCUT2D eigenvalue weighted by Crippen LogP contribution is 2.18. The van der Waals surface area contributed by atoms with Crippen LogP contribution in [0.1, 0.15) is 43.1 Å². The molecule has 0 bridgehead atoms. The summed E-state index contributed by atoms with van der Waals surface area (Å²) >= 11 is 0. The van der Waals surface area contributed by atoms with Crippen molar-refractivity contribution in [2.45, 2.75) is 26.2 Å². The summed E-state index contributed by atoms with van der Waals surface area (Å²) in [5, 5.41) is 1.33. The summed E-state index contributed by atoms with van der Waals surface area (Å²) in [5.74, 6) is 12.7. The van der Waals surface area contributed by atoms with Crippen molar-refractivity contribution in [3.05, 3.63) is 81.9 Å². The summed E-state index contributed by atoms with van der Waals surface area (Å²) in [7, 11) is 0. The van der Waals surface area contributed by atoms with Crippen molar-refractivity contribution in [2.75, 3.05) is 0 Å².